The van der Waals surface area contributed by atoms with Gasteiger partial charge >= 0.3 is 23.8 Å². The molecule has 0 unspecified atom stereocenters. The number of hydrogen-bond acceptors (Lipinski definition) is 4. The van der Waals surface area contributed by atoms with Crippen molar-refractivity contribution >= 4 is 10.9 Å². The first-order chi connectivity index (χ1) is 16.8. The van der Waals surface area contributed by atoms with E-state index in [0.29, 0.717) is 28.7 Å². The van der Waals surface area contributed by atoms with Crippen LogP contribution in [-0.4, -0.2) is 14.3 Å². The van der Waals surface area contributed by atoms with E-state index in [-0.39, 0.29) is 30.5 Å². The molecular weight excluding hydrogens is 496 g/mol. The Morgan fingerprint density at radius 3 is 2.19 bits per heavy atom. The summed E-state index contributed by atoms with van der Waals surface area (Å²) in [5, 5.41) is 0.559. The van der Waals surface area contributed by atoms with E-state index in [1.165, 1.54) is 12.1 Å². The zero-order chi connectivity index (χ0) is 26.3. The third-order valence-electron chi connectivity index (χ3n) is 5.20. The number of alkyl halides is 6. The van der Waals surface area contributed by atoms with E-state index in [1.54, 1.807) is 16.7 Å². The van der Waals surface area contributed by atoms with Gasteiger partial charge in [-0.15, -0.1) is 11.2 Å². The van der Waals surface area contributed by atoms with Crippen molar-refractivity contribution < 1.29 is 35.6 Å². The molecule has 0 bridgehead atoms. The maximum absolute atomic E-state index is 13.1. The average Bonchev–Trinajstić information content (AvgIpc) is 3.29. The van der Waals surface area contributed by atoms with Gasteiger partial charge in [-0.1, -0.05) is 5.92 Å². The SMILES string of the molecule is C#CCn1c(Cn2oc(=O)[nH]c2=O)cc2cc(OCc3cc(C(F)(F)F)cc(C(F)(F)F)c3)ccc21. The lowest BCUT2D eigenvalue weighted by Gasteiger charge is -2.15. The lowest BCUT2D eigenvalue weighted by Crippen LogP contribution is -2.18. The van der Waals surface area contributed by atoms with E-state index in [1.807, 2.05) is 4.98 Å². The standard InChI is InChI=1S/C23H15F6N3O4/c1-2-5-31-17(11-32-20(33)30-21(34)36-32)8-14-9-18(3-4-19(14)31)35-12-13-6-15(22(24,25)26)10-16(7-13)23(27,28)29/h1,3-4,6-10H,5,11-12H2,(H,30,33,34). The second-order valence-corrected chi connectivity index (χ2v) is 7.69. The summed E-state index contributed by atoms with van der Waals surface area (Å²) in [4.78, 5) is 25.0. The number of ether oxygens (including phenoxy) is 1. The highest BCUT2D eigenvalue weighted by Gasteiger charge is 2.36. The van der Waals surface area contributed by atoms with Crippen molar-refractivity contribution in [2.75, 3.05) is 0 Å². The Bertz CT molecular complexity index is 1550. The van der Waals surface area contributed by atoms with Gasteiger partial charge in [-0.05, 0) is 48.0 Å². The van der Waals surface area contributed by atoms with Gasteiger partial charge in [0.15, 0.2) is 0 Å². The Balaban J connectivity index is 1.64. The van der Waals surface area contributed by atoms with Crippen molar-refractivity contribution in [2.45, 2.75) is 32.0 Å². The van der Waals surface area contributed by atoms with Crippen molar-refractivity contribution in [3.8, 4) is 18.1 Å². The number of H-pyrrole nitrogens is 1. The lowest BCUT2D eigenvalue weighted by atomic mass is 10.1. The Kier molecular flexibility index (Phi) is 6.21. The summed E-state index contributed by atoms with van der Waals surface area (Å²) in [5.41, 5.74) is -2.84. The fourth-order valence-corrected chi connectivity index (χ4v) is 3.64. The molecule has 36 heavy (non-hydrogen) atoms. The minimum atomic E-state index is -4.97. The first kappa shape index (κ1) is 24.8. The normalized spacial score (nSPS) is 12.1. The smallest absolute Gasteiger partial charge is 0.440 e. The van der Waals surface area contributed by atoms with Crippen LogP contribution in [0.2, 0.25) is 0 Å². The quantitative estimate of drug-likeness (QED) is 0.308. The average molecular weight is 511 g/mol. The van der Waals surface area contributed by atoms with Crippen molar-refractivity contribution in [3.05, 3.63) is 85.9 Å². The van der Waals surface area contributed by atoms with E-state index in [9.17, 15) is 35.9 Å². The highest BCUT2D eigenvalue weighted by Crippen LogP contribution is 2.36. The van der Waals surface area contributed by atoms with Crippen LogP contribution in [0, 0.1) is 12.3 Å². The third kappa shape index (κ3) is 5.17. The predicted molar refractivity (Wildman–Crippen MR) is 114 cm³/mol. The van der Waals surface area contributed by atoms with Crippen LogP contribution in [0.15, 0.2) is 56.6 Å². The molecule has 1 N–H and O–H groups in total. The van der Waals surface area contributed by atoms with E-state index in [2.05, 4.69) is 5.92 Å². The van der Waals surface area contributed by atoms with Gasteiger partial charge < -0.3 is 13.8 Å². The first-order valence-electron chi connectivity index (χ1n) is 10.1. The molecule has 0 saturated carbocycles. The van der Waals surface area contributed by atoms with Crippen LogP contribution >= 0.6 is 0 Å². The molecule has 4 aromatic rings. The molecule has 0 fully saturated rings. The molecule has 188 valence electrons. The van der Waals surface area contributed by atoms with Crippen molar-refractivity contribution in [1.29, 1.82) is 0 Å². The molecule has 0 atom stereocenters. The first-order valence-corrected chi connectivity index (χ1v) is 10.1. The van der Waals surface area contributed by atoms with Gasteiger partial charge in [0, 0.05) is 16.6 Å². The number of benzene rings is 2. The third-order valence-corrected chi connectivity index (χ3v) is 5.20. The van der Waals surface area contributed by atoms with E-state index < -0.39 is 41.5 Å². The van der Waals surface area contributed by atoms with Crippen LogP contribution in [0.1, 0.15) is 22.4 Å². The highest BCUT2D eigenvalue weighted by molar-refractivity contribution is 5.83. The van der Waals surface area contributed by atoms with Crippen LogP contribution in [0.5, 0.6) is 5.75 Å². The maximum atomic E-state index is 13.1. The second-order valence-electron chi connectivity index (χ2n) is 7.69. The molecule has 0 saturated heterocycles. The number of aromatic amines is 1. The summed E-state index contributed by atoms with van der Waals surface area (Å²) in [5.74, 6) is 1.70. The highest BCUT2D eigenvalue weighted by atomic mass is 19.4. The molecule has 2 heterocycles. The minimum Gasteiger partial charge on any atom is -0.489 e. The Labute approximate surface area is 197 Å². The number of nitrogens with one attached hydrogen (secondary N) is 1. The Morgan fingerprint density at radius 2 is 1.64 bits per heavy atom. The monoisotopic (exact) mass is 511 g/mol. The van der Waals surface area contributed by atoms with Gasteiger partial charge in [-0.25, -0.2) is 14.6 Å². The summed E-state index contributed by atoms with van der Waals surface area (Å²) in [6, 6.07) is 7.44. The molecule has 0 aliphatic rings. The number of nitrogens with zero attached hydrogens (tertiary/aromatic N) is 2. The topological polar surface area (TPSA) is 82.2 Å². The molecule has 0 amide bonds. The zero-order valence-electron chi connectivity index (χ0n) is 18.0. The van der Waals surface area contributed by atoms with Crippen LogP contribution in [0.4, 0.5) is 26.3 Å². The fraction of sp³-hybridized carbons (Fsp3) is 0.217. The van der Waals surface area contributed by atoms with E-state index >= 15 is 0 Å². The fourth-order valence-electron chi connectivity index (χ4n) is 3.64. The molecule has 0 aliphatic heterocycles. The number of halogens is 6. The predicted octanol–water partition coefficient (Wildman–Crippen LogP) is 4.38. The van der Waals surface area contributed by atoms with Crippen LogP contribution in [-0.2, 0) is 32.0 Å². The van der Waals surface area contributed by atoms with E-state index in [4.69, 9.17) is 15.7 Å². The van der Waals surface area contributed by atoms with Gasteiger partial charge in [-0.3, -0.25) is 0 Å². The number of hydrogen-bond donors (Lipinski definition) is 1. The molecule has 4 rings (SSSR count). The largest absolute Gasteiger partial charge is 0.489 e. The second kappa shape index (κ2) is 9.03. The molecule has 0 radical (unpaired) electrons. The van der Waals surface area contributed by atoms with Crippen molar-refractivity contribution in [2.24, 2.45) is 0 Å². The molecule has 0 spiro atoms. The van der Waals surface area contributed by atoms with Gasteiger partial charge in [0.1, 0.15) is 18.9 Å². The van der Waals surface area contributed by atoms with Gasteiger partial charge in [0.05, 0.1) is 17.7 Å². The molecule has 2 aromatic heterocycles. The van der Waals surface area contributed by atoms with Crippen molar-refractivity contribution in [1.82, 2.24) is 14.3 Å². The minimum absolute atomic E-state index is 0.0448. The van der Waals surface area contributed by atoms with Crippen LogP contribution in [0.3, 0.4) is 0 Å². The Hall–Kier alpha value is -4.34. The summed E-state index contributed by atoms with van der Waals surface area (Å²) < 4.78 is 91.2. The summed E-state index contributed by atoms with van der Waals surface area (Å²) >= 11 is 0. The number of aromatic nitrogens is 3. The van der Waals surface area contributed by atoms with Crippen molar-refractivity contribution in [3.63, 3.8) is 0 Å². The van der Waals surface area contributed by atoms with Crippen LogP contribution in [0.25, 0.3) is 10.9 Å². The molecule has 0 aliphatic carbocycles. The van der Waals surface area contributed by atoms with E-state index in [0.717, 1.165) is 4.74 Å². The number of rotatable bonds is 6. The molecule has 13 heteroatoms. The maximum Gasteiger partial charge on any atom is 0.440 e. The lowest BCUT2D eigenvalue weighted by molar-refractivity contribution is -0.143. The van der Waals surface area contributed by atoms with Gasteiger partial charge in [0.2, 0.25) is 0 Å². The number of terminal acetylenes is 1. The molecule has 2 aromatic carbocycles. The van der Waals surface area contributed by atoms with Gasteiger partial charge in [-0.2, -0.15) is 26.3 Å². The summed E-state index contributed by atoms with van der Waals surface area (Å²) in [7, 11) is 0. The Morgan fingerprint density at radius 1 is 0.972 bits per heavy atom. The summed E-state index contributed by atoms with van der Waals surface area (Å²) in [6.45, 7) is -0.582. The number of fused-ring (bicyclic) bond motifs is 1. The van der Waals surface area contributed by atoms with Crippen LogP contribution < -0.4 is 16.2 Å². The van der Waals surface area contributed by atoms with Gasteiger partial charge in [0.25, 0.3) is 0 Å². The molecular formula is C23H15F6N3O4. The molecule has 7 nitrogen and oxygen atoms in total. The summed E-state index contributed by atoms with van der Waals surface area (Å²) in [6.07, 6.45) is -4.50. The zero-order valence-corrected chi connectivity index (χ0v) is 18.0.